The van der Waals surface area contributed by atoms with Crippen LogP contribution in [0, 0.1) is 16.7 Å². The van der Waals surface area contributed by atoms with Gasteiger partial charge < -0.3 is 15.6 Å². The van der Waals surface area contributed by atoms with Crippen molar-refractivity contribution in [3.63, 3.8) is 0 Å². The lowest BCUT2D eigenvalue weighted by molar-refractivity contribution is -0.252. The molecule has 0 heterocycles. The number of aliphatic hydroxyl groups is 1. The molecule has 0 saturated heterocycles. The number of ether oxygens (including phenoxy) is 1. The molecule has 1 amide bonds. The van der Waals surface area contributed by atoms with E-state index in [2.05, 4.69) is 34.6 Å². The Balaban J connectivity index is 3.19. The van der Waals surface area contributed by atoms with Crippen LogP contribution in [0.5, 0.6) is 0 Å². The Labute approximate surface area is 104 Å². The Bertz CT molecular complexity index is 304. The van der Waals surface area contributed by atoms with Gasteiger partial charge in [-0.05, 0) is 24.2 Å². The minimum atomic E-state index is -0.814. The molecule has 0 spiro atoms. The minimum absolute atomic E-state index is 0.0579. The highest BCUT2D eigenvalue weighted by Gasteiger charge is 2.67. The molecule has 4 heteroatoms. The molecule has 2 unspecified atom stereocenters. The van der Waals surface area contributed by atoms with Crippen LogP contribution in [0.3, 0.4) is 0 Å². The van der Waals surface area contributed by atoms with Crippen LogP contribution in [0.4, 0.5) is 4.79 Å². The summed E-state index contributed by atoms with van der Waals surface area (Å²) in [5.74, 6) is 0.308. The van der Waals surface area contributed by atoms with Crippen molar-refractivity contribution < 1.29 is 14.6 Å². The van der Waals surface area contributed by atoms with Crippen LogP contribution in [0.25, 0.3) is 0 Å². The number of hydrogen-bond acceptors (Lipinski definition) is 3. The molecule has 0 aromatic heterocycles. The van der Waals surface area contributed by atoms with Gasteiger partial charge in [-0.3, -0.25) is 0 Å². The SMILES string of the molecule is CC(C)C1(C(C)(C)C)CCC1(CO)OC(N)=O. The zero-order valence-corrected chi connectivity index (χ0v) is 11.5. The van der Waals surface area contributed by atoms with Crippen molar-refractivity contribution in [1.82, 2.24) is 0 Å². The second kappa shape index (κ2) is 4.16. The summed E-state index contributed by atoms with van der Waals surface area (Å²) in [4.78, 5) is 11.1. The summed E-state index contributed by atoms with van der Waals surface area (Å²) in [5, 5.41) is 9.70. The van der Waals surface area contributed by atoms with E-state index in [1.165, 1.54) is 0 Å². The average Bonchev–Trinajstić information content (AvgIpc) is 2.09. The molecule has 1 aliphatic carbocycles. The van der Waals surface area contributed by atoms with Crippen LogP contribution in [0.1, 0.15) is 47.5 Å². The number of primary amides is 1. The topological polar surface area (TPSA) is 72.6 Å². The van der Waals surface area contributed by atoms with Crippen molar-refractivity contribution in [1.29, 1.82) is 0 Å². The molecular weight excluding hydrogens is 218 g/mol. The molecule has 17 heavy (non-hydrogen) atoms. The highest BCUT2D eigenvalue weighted by Crippen LogP contribution is 2.65. The summed E-state index contributed by atoms with van der Waals surface area (Å²) < 4.78 is 5.32. The van der Waals surface area contributed by atoms with E-state index in [-0.39, 0.29) is 17.4 Å². The highest BCUT2D eigenvalue weighted by molar-refractivity contribution is 5.65. The van der Waals surface area contributed by atoms with Crippen LogP contribution >= 0.6 is 0 Å². The summed E-state index contributed by atoms with van der Waals surface area (Å²) in [7, 11) is 0. The Kier molecular flexibility index (Phi) is 3.50. The number of rotatable bonds is 3. The number of amides is 1. The van der Waals surface area contributed by atoms with E-state index in [9.17, 15) is 9.90 Å². The zero-order chi connectivity index (χ0) is 13.5. The molecule has 0 bridgehead atoms. The molecular formula is C13H25NO3. The molecule has 0 aromatic rings. The number of hydrogen-bond donors (Lipinski definition) is 2. The maximum atomic E-state index is 11.1. The van der Waals surface area contributed by atoms with Crippen LogP contribution in [-0.4, -0.2) is 23.4 Å². The fraction of sp³-hybridized carbons (Fsp3) is 0.923. The monoisotopic (exact) mass is 243 g/mol. The first kappa shape index (κ1) is 14.3. The van der Waals surface area contributed by atoms with Crippen LogP contribution in [-0.2, 0) is 4.74 Å². The van der Waals surface area contributed by atoms with Crippen molar-refractivity contribution in [2.24, 2.45) is 22.5 Å². The lowest BCUT2D eigenvalue weighted by Crippen LogP contribution is -2.69. The lowest BCUT2D eigenvalue weighted by Gasteiger charge is -2.65. The molecule has 3 N–H and O–H groups in total. The quantitative estimate of drug-likeness (QED) is 0.798. The molecule has 4 nitrogen and oxygen atoms in total. The molecule has 0 radical (unpaired) electrons. The second-order valence-corrected chi connectivity index (χ2v) is 6.45. The number of nitrogens with two attached hydrogens (primary N) is 1. The molecule has 2 atom stereocenters. The predicted octanol–water partition coefficient (Wildman–Crippen LogP) is 2.30. The van der Waals surface area contributed by atoms with Crippen molar-refractivity contribution >= 4 is 6.09 Å². The van der Waals surface area contributed by atoms with Gasteiger partial charge in [0.15, 0.2) is 0 Å². The molecule has 100 valence electrons. The largest absolute Gasteiger partial charge is 0.440 e. The van der Waals surface area contributed by atoms with E-state index in [1.54, 1.807) is 0 Å². The van der Waals surface area contributed by atoms with Gasteiger partial charge in [0.2, 0.25) is 0 Å². The number of aliphatic hydroxyl groups excluding tert-OH is 1. The van der Waals surface area contributed by atoms with Gasteiger partial charge in [0, 0.05) is 5.41 Å². The lowest BCUT2D eigenvalue weighted by atomic mass is 9.42. The fourth-order valence-corrected chi connectivity index (χ4v) is 4.00. The van der Waals surface area contributed by atoms with Gasteiger partial charge in [-0.15, -0.1) is 0 Å². The van der Waals surface area contributed by atoms with Crippen LogP contribution in [0.15, 0.2) is 0 Å². The standard InChI is InChI=1S/C13H25NO3/c1-9(2)13(11(3,4)5)7-6-12(13,8-15)17-10(14)16/h9,15H,6-8H2,1-5H3,(H2,14,16). The number of carbonyl (C=O) groups is 1. The van der Waals surface area contributed by atoms with Crippen molar-refractivity contribution in [3.8, 4) is 0 Å². The maximum absolute atomic E-state index is 11.1. The van der Waals surface area contributed by atoms with E-state index in [0.29, 0.717) is 12.3 Å². The molecule has 0 aliphatic heterocycles. The number of carbonyl (C=O) groups excluding carboxylic acids is 1. The first-order chi connectivity index (χ1) is 7.63. The highest BCUT2D eigenvalue weighted by atomic mass is 16.6. The zero-order valence-electron chi connectivity index (χ0n) is 11.5. The van der Waals surface area contributed by atoms with Gasteiger partial charge in [-0.25, -0.2) is 4.79 Å². The molecule has 1 aliphatic rings. The summed E-state index contributed by atoms with van der Waals surface area (Å²) in [6.45, 7) is 10.4. The Hall–Kier alpha value is -0.770. The van der Waals surface area contributed by atoms with E-state index in [0.717, 1.165) is 6.42 Å². The third-order valence-corrected chi connectivity index (χ3v) is 4.61. The Morgan fingerprint density at radius 2 is 1.94 bits per heavy atom. The smallest absolute Gasteiger partial charge is 0.405 e. The van der Waals surface area contributed by atoms with Crippen LogP contribution in [0.2, 0.25) is 0 Å². The van der Waals surface area contributed by atoms with Gasteiger partial charge in [0.1, 0.15) is 5.60 Å². The third-order valence-electron chi connectivity index (χ3n) is 4.61. The first-order valence-electron chi connectivity index (χ1n) is 6.22. The van der Waals surface area contributed by atoms with E-state index in [1.807, 2.05) is 0 Å². The predicted molar refractivity (Wildman–Crippen MR) is 66.4 cm³/mol. The normalized spacial score (nSPS) is 33.4. The van der Waals surface area contributed by atoms with Gasteiger partial charge >= 0.3 is 6.09 Å². The van der Waals surface area contributed by atoms with Crippen molar-refractivity contribution in [3.05, 3.63) is 0 Å². The molecule has 0 aromatic carbocycles. The third kappa shape index (κ3) is 1.82. The Morgan fingerprint density at radius 3 is 2.12 bits per heavy atom. The Morgan fingerprint density at radius 1 is 1.41 bits per heavy atom. The van der Waals surface area contributed by atoms with Crippen molar-refractivity contribution in [2.45, 2.75) is 53.1 Å². The van der Waals surface area contributed by atoms with Crippen LogP contribution < -0.4 is 5.73 Å². The second-order valence-electron chi connectivity index (χ2n) is 6.45. The summed E-state index contributed by atoms with van der Waals surface area (Å²) >= 11 is 0. The summed E-state index contributed by atoms with van der Waals surface area (Å²) in [5.41, 5.74) is 4.07. The van der Waals surface area contributed by atoms with E-state index >= 15 is 0 Å². The average molecular weight is 243 g/mol. The van der Waals surface area contributed by atoms with E-state index < -0.39 is 11.7 Å². The van der Waals surface area contributed by atoms with Gasteiger partial charge in [0.25, 0.3) is 0 Å². The fourth-order valence-electron chi connectivity index (χ4n) is 4.00. The summed E-state index contributed by atoms with van der Waals surface area (Å²) in [6.07, 6.45) is 0.831. The summed E-state index contributed by atoms with van der Waals surface area (Å²) in [6, 6.07) is 0. The minimum Gasteiger partial charge on any atom is -0.440 e. The van der Waals surface area contributed by atoms with Gasteiger partial charge in [-0.2, -0.15) is 0 Å². The molecule has 1 rings (SSSR count). The molecule has 1 saturated carbocycles. The maximum Gasteiger partial charge on any atom is 0.405 e. The van der Waals surface area contributed by atoms with Gasteiger partial charge in [0.05, 0.1) is 6.61 Å². The first-order valence-corrected chi connectivity index (χ1v) is 6.22. The van der Waals surface area contributed by atoms with Crippen molar-refractivity contribution in [2.75, 3.05) is 6.61 Å². The van der Waals surface area contributed by atoms with Gasteiger partial charge in [-0.1, -0.05) is 34.6 Å². The molecule has 1 fully saturated rings. The van der Waals surface area contributed by atoms with E-state index in [4.69, 9.17) is 10.5 Å².